The quantitative estimate of drug-likeness (QED) is 0.152. The summed E-state index contributed by atoms with van der Waals surface area (Å²) in [6, 6.07) is 36.7. The van der Waals surface area contributed by atoms with Crippen molar-refractivity contribution in [2.24, 2.45) is 0 Å². The highest BCUT2D eigenvalue weighted by Crippen LogP contribution is 2.46. The van der Waals surface area contributed by atoms with Gasteiger partial charge in [-0.2, -0.15) is 0 Å². The van der Waals surface area contributed by atoms with Gasteiger partial charge in [-0.15, -0.1) is 0 Å². The molecule has 0 bridgehead atoms. The maximum atomic E-state index is 9.09. The van der Waals surface area contributed by atoms with Crippen molar-refractivity contribution >= 4 is 71.1 Å². The standard InChI is InChI=1S/C44H33NO/c1-3-5-14-28(4-2)29-23-25-30(26-24-29)41(35-19-10-12-21-39(35)45)38-27-37-33-17-7-6-15-31(33)32-16-8-9-18-34(32)42(37)44-43(38)36-20-11-13-22-40(36)46-44/h4,6-27,45H,2-3,5H2,1H3/b28-14+,41-35-,45-39?. The molecule has 2 nitrogen and oxygen atoms in total. The zero-order chi connectivity index (χ0) is 31.2. The molecule has 1 N–H and O–H groups in total. The van der Waals surface area contributed by atoms with Crippen LogP contribution in [0.15, 0.2) is 156 Å². The zero-order valence-electron chi connectivity index (χ0n) is 25.8. The fourth-order valence-corrected chi connectivity index (χ4v) is 7.07. The molecule has 0 amide bonds. The number of benzene rings is 6. The summed E-state index contributed by atoms with van der Waals surface area (Å²) in [4.78, 5) is 0. The van der Waals surface area contributed by atoms with E-state index in [-0.39, 0.29) is 0 Å². The van der Waals surface area contributed by atoms with Crippen molar-refractivity contribution in [3.05, 3.63) is 168 Å². The van der Waals surface area contributed by atoms with Crippen molar-refractivity contribution in [1.29, 1.82) is 5.41 Å². The first-order chi connectivity index (χ1) is 22.7. The molecule has 0 saturated heterocycles. The van der Waals surface area contributed by atoms with Crippen molar-refractivity contribution < 1.29 is 4.42 Å². The number of allylic oxidation sites excluding steroid dienone is 8. The number of para-hydroxylation sites is 1. The number of unbranched alkanes of at least 4 members (excludes halogenated alkanes) is 1. The number of hydrogen-bond donors (Lipinski definition) is 1. The monoisotopic (exact) mass is 591 g/mol. The van der Waals surface area contributed by atoms with Crippen LogP contribution in [0.1, 0.15) is 36.5 Å². The molecule has 1 heterocycles. The van der Waals surface area contributed by atoms with Gasteiger partial charge in [-0.05, 0) is 79.4 Å². The fraction of sp³-hybridized carbons (Fsp3) is 0.0682. The number of nitrogens with one attached hydrogen (secondary N) is 1. The predicted molar refractivity (Wildman–Crippen MR) is 198 cm³/mol. The van der Waals surface area contributed by atoms with E-state index < -0.39 is 0 Å². The summed E-state index contributed by atoms with van der Waals surface area (Å²) < 4.78 is 6.84. The van der Waals surface area contributed by atoms with Gasteiger partial charge in [0, 0.05) is 21.7 Å². The smallest absolute Gasteiger partial charge is 0.144 e. The van der Waals surface area contributed by atoms with E-state index in [1.54, 1.807) is 0 Å². The Morgan fingerprint density at radius 2 is 1.30 bits per heavy atom. The first kappa shape index (κ1) is 27.8. The average Bonchev–Trinajstić information content (AvgIpc) is 3.50. The summed E-state index contributed by atoms with van der Waals surface area (Å²) in [7, 11) is 0. The van der Waals surface area contributed by atoms with Gasteiger partial charge in [0.05, 0.1) is 5.71 Å². The summed E-state index contributed by atoms with van der Waals surface area (Å²) >= 11 is 0. The Morgan fingerprint density at radius 1 is 0.696 bits per heavy atom. The highest BCUT2D eigenvalue weighted by atomic mass is 16.3. The molecular weight excluding hydrogens is 558 g/mol. The van der Waals surface area contributed by atoms with Gasteiger partial charge in [0.15, 0.2) is 0 Å². The van der Waals surface area contributed by atoms with Crippen molar-refractivity contribution in [3.63, 3.8) is 0 Å². The lowest BCUT2D eigenvalue weighted by Gasteiger charge is -2.19. The lowest BCUT2D eigenvalue weighted by molar-refractivity contribution is 0.673. The molecule has 0 unspecified atom stereocenters. The molecule has 46 heavy (non-hydrogen) atoms. The van der Waals surface area contributed by atoms with Crippen molar-refractivity contribution in [2.45, 2.75) is 19.8 Å². The minimum Gasteiger partial charge on any atom is -0.455 e. The van der Waals surface area contributed by atoms with Gasteiger partial charge in [-0.25, -0.2) is 0 Å². The third-order valence-corrected chi connectivity index (χ3v) is 9.20. The Morgan fingerprint density at radius 3 is 2.00 bits per heavy atom. The molecule has 2 heteroatoms. The molecule has 220 valence electrons. The van der Waals surface area contributed by atoms with Crippen LogP contribution >= 0.6 is 0 Å². The second kappa shape index (κ2) is 11.3. The third-order valence-electron chi connectivity index (χ3n) is 9.20. The molecule has 0 saturated carbocycles. The van der Waals surface area contributed by atoms with Crippen LogP contribution in [0.2, 0.25) is 0 Å². The lowest BCUT2D eigenvalue weighted by Crippen LogP contribution is -2.04. The summed E-state index contributed by atoms with van der Waals surface area (Å²) in [6.45, 7) is 6.27. The molecule has 0 radical (unpaired) electrons. The van der Waals surface area contributed by atoms with Crippen LogP contribution in [0.5, 0.6) is 0 Å². The second-order valence-corrected chi connectivity index (χ2v) is 11.9. The molecule has 7 aromatic rings. The van der Waals surface area contributed by atoms with E-state index >= 15 is 0 Å². The van der Waals surface area contributed by atoms with Gasteiger partial charge >= 0.3 is 0 Å². The van der Waals surface area contributed by atoms with Crippen LogP contribution in [0, 0.1) is 5.41 Å². The Hall–Kier alpha value is -5.73. The number of furan rings is 1. The minimum absolute atomic E-state index is 0.487. The largest absolute Gasteiger partial charge is 0.455 e. The van der Waals surface area contributed by atoms with Crippen LogP contribution in [0.3, 0.4) is 0 Å². The molecule has 1 aliphatic rings. The highest BCUT2D eigenvalue weighted by molar-refractivity contribution is 6.34. The van der Waals surface area contributed by atoms with E-state index in [4.69, 9.17) is 9.83 Å². The van der Waals surface area contributed by atoms with E-state index in [9.17, 15) is 0 Å². The second-order valence-electron chi connectivity index (χ2n) is 11.9. The van der Waals surface area contributed by atoms with Crippen LogP contribution in [-0.4, -0.2) is 5.71 Å². The first-order valence-electron chi connectivity index (χ1n) is 16.0. The maximum Gasteiger partial charge on any atom is 0.144 e. The summed E-state index contributed by atoms with van der Waals surface area (Å²) in [6.07, 6.45) is 14.2. The van der Waals surface area contributed by atoms with Crippen molar-refractivity contribution in [1.82, 2.24) is 0 Å². The predicted octanol–water partition coefficient (Wildman–Crippen LogP) is 12.4. The van der Waals surface area contributed by atoms with Crippen LogP contribution in [0.25, 0.3) is 65.4 Å². The normalized spacial score (nSPS) is 14.7. The maximum absolute atomic E-state index is 9.09. The number of rotatable bonds is 6. The van der Waals surface area contributed by atoms with E-state index in [1.165, 1.54) is 21.5 Å². The SMILES string of the molecule is C=C/C(=C\CCC)c1ccc(/C(=C2\C=CC=CC2=N)c2cc3c4ccccc4c4ccccc4c3c3oc4ccccc4c23)cc1. The van der Waals surface area contributed by atoms with Crippen LogP contribution < -0.4 is 0 Å². The third kappa shape index (κ3) is 4.37. The molecule has 1 aliphatic carbocycles. The highest BCUT2D eigenvalue weighted by Gasteiger charge is 2.24. The topological polar surface area (TPSA) is 37.0 Å². The van der Waals surface area contributed by atoms with E-state index in [1.807, 2.05) is 30.4 Å². The molecule has 8 rings (SSSR count). The van der Waals surface area contributed by atoms with Gasteiger partial charge in [0.2, 0.25) is 0 Å². The number of fused-ring (bicyclic) bond motifs is 10. The zero-order valence-corrected chi connectivity index (χ0v) is 25.8. The van der Waals surface area contributed by atoms with Gasteiger partial charge in [-0.1, -0.05) is 141 Å². The first-order valence-corrected chi connectivity index (χ1v) is 16.0. The molecular formula is C44H33NO. The fourth-order valence-electron chi connectivity index (χ4n) is 7.07. The summed E-state index contributed by atoms with van der Waals surface area (Å²) in [5, 5.41) is 18.3. The van der Waals surface area contributed by atoms with E-state index in [0.29, 0.717) is 5.71 Å². The van der Waals surface area contributed by atoms with Gasteiger partial charge in [-0.3, -0.25) is 0 Å². The number of hydrogen-bond acceptors (Lipinski definition) is 2. The molecule has 6 aromatic carbocycles. The summed E-state index contributed by atoms with van der Waals surface area (Å²) in [5.41, 5.74) is 8.52. The van der Waals surface area contributed by atoms with Crippen molar-refractivity contribution in [2.75, 3.05) is 0 Å². The van der Waals surface area contributed by atoms with E-state index in [0.717, 1.165) is 79.0 Å². The molecule has 1 aromatic heterocycles. The molecule has 0 atom stereocenters. The Kier molecular flexibility index (Phi) is 6.84. The average molecular weight is 592 g/mol. The Labute approximate surface area is 268 Å². The lowest BCUT2D eigenvalue weighted by atomic mass is 9.84. The van der Waals surface area contributed by atoms with Crippen LogP contribution in [0.4, 0.5) is 0 Å². The Bertz CT molecular complexity index is 2500. The Balaban J connectivity index is 1.53. The summed E-state index contributed by atoms with van der Waals surface area (Å²) in [5.74, 6) is 0. The minimum atomic E-state index is 0.487. The van der Waals surface area contributed by atoms with Gasteiger partial charge in [0.25, 0.3) is 0 Å². The van der Waals surface area contributed by atoms with Gasteiger partial charge < -0.3 is 9.83 Å². The van der Waals surface area contributed by atoms with E-state index in [2.05, 4.69) is 123 Å². The molecule has 0 fully saturated rings. The van der Waals surface area contributed by atoms with Gasteiger partial charge in [0.1, 0.15) is 11.2 Å². The van der Waals surface area contributed by atoms with Crippen molar-refractivity contribution in [3.8, 4) is 0 Å². The van der Waals surface area contributed by atoms with Crippen LogP contribution in [-0.2, 0) is 0 Å². The molecule has 0 spiro atoms. The molecule has 0 aliphatic heterocycles.